The molecule has 0 amide bonds. The van der Waals surface area contributed by atoms with Crippen LogP contribution < -0.4 is 0 Å². The summed E-state index contributed by atoms with van der Waals surface area (Å²) in [5, 5.41) is 11.0. The van der Waals surface area contributed by atoms with Crippen LogP contribution in [0, 0.1) is 0 Å². The molecule has 2 aromatic rings. The number of carbonyl (C=O) groups is 1. The molecule has 98 valence electrons. The average Bonchev–Trinajstić information content (AvgIpc) is 2.99. The molecule has 0 aromatic carbocycles. The SMILES string of the molecule is COC(=O)[C@@H]1CCCc2nc(-n3cnnn3)ccc21. The molecule has 0 unspecified atom stereocenters. The van der Waals surface area contributed by atoms with E-state index >= 15 is 0 Å². The van der Waals surface area contributed by atoms with Gasteiger partial charge in [0.25, 0.3) is 0 Å². The van der Waals surface area contributed by atoms with Crippen LogP contribution in [0.2, 0.25) is 0 Å². The summed E-state index contributed by atoms with van der Waals surface area (Å²) in [6.45, 7) is 0. The fourth-order valence-electron chi connectivity index (χ4n) is 2.43. The lowest BCUT2D eigenvalue weighted by Crippen LogP contribution is -2.21. The molecule has 1 aliphatic carbocycles. The molecule has 0 radical (unpaired) electrons. The molecular formula is C12H13N5O2. The van der Waals surface area contributed by atoms with E-state index in [-0.39, 0.29) is 11.9 Å². The van der Waals surface area contributed by atoms with Gasteiger partial charge < -0.3 is 4.74 Å². The van der Waals surface area contributed by atoms with Crippen molar-refractivity contribution in [1.82, 2.24) is 25.2 Å². The maximum atomic E-state index is 11.8. The maximum absolute atomic E-state index is 11.8. The predicted molar refractivity (Wildman–Crippen MR) is 64.6 cm³/mol. The van der Waals surface area contributed by atoms with Gasteiger partial charge >= 0.3 is 5.97 Å². The smallest absolute Gasteiger partial charge is 0.313 e. The van der Waals surface area contributed by atoms with Crippen LogP contribution in [-0.2, 0) is 16.0 Å². The third-order valence-electron chi connectivity index (χ3n) is 3.35. The molecule has 3 rings (SSSR count). The van der Waals surface area contributed by atoms with E-state index < -0.39 is 0 Å². The molecule has 7 heteroatoms. The minimum Gasteiger partial charge on any atom is -0.469 e. The van der Waals surface area contributed by atoms with Crippen LogP contribution in [0.15, 0.2) is 18.5 Å². The molecule has 0 N–H and O–H groups in total. The average molecular weight is 259 g/mol. The van der Waals surface area contributed by atoms with Crippen LogP contribution in [0.5, 0.6) is 0 Å². The summed E-state index contributed by atoms with van der Waals surface area (Å²) in [7, 11) is 1.42. The van der Waals surface area contributed by atoms with Crippen molar-refractivity contribution in [2.24, 2.45) is 0 Å². The number of fused-ring (bicyclic) bond motifs is 1. The third kappa shape index (κ3) is 2.07. The number of rotatable bonds is 2. The van der Waals surface area contributed by atoms with Gasteiger partial charge in [-0.2, -0.15) is 4.68 Å². The normalized spacial score (nSPS) is 17.8. The van der Waals surface area contributed by atoms with Crippen LogP contribution >= 0.6 is 0 Å². The Bertz CT molecular complexity index is 596. The molecule has 0 bridgehead atoms. The van der Waals surface area contributed by atoms with Crippen molar-refractivity contribution >= 4 is 5.97 Å². The number of esters is 1. The van der Waals surface area contributed by atoms with Gasteiger partial charge in [0.15, 0.2) is 5.82 Å². The van der Waals surface area contributed by atoms with Gasteiger partial charge in [-0.1, -0.05) is 6.07 Å². The van der Waals surface area contributed by atoms with Crippen molar-refractivity contribution in [3.63, 3.8) is 0 Å². The zero-order valence-corrected chi connectivity index (χ0v) is 10.5. The van der Waals surface area contributed by atoms with E-state index in [1.807, 2.05) is 12.1 Å². The Morgan fingerprint density at radius 2 is 2.37 bits per heavy atom. The van der Waals surface area contributed by atoms with Gasteiger partial charge in [0.05, 0.1) is 13.0 Å². The summed E-state index contributed by atoms with van der Waals surface area (Å²) in [6.07, 6.45) is 4.10. The first-order chi connectivity index (χ1) is 9.29. The Labute approximate surface area is 109 Å². The molecule has 0 fully saturated rings. The number of aryl methyl sites for hydroxylation is 1. The largest absolute Gasteiger partial charge is 0.469 e. The number of hydrogen-bond donors (Lipinski definition) is 0. The van der Waals surface area contributed by atoms with Gasteiger partial charge in [-0.05, 0) is 41.3 Å². The lowest BCUT2D eigenvalue weighted by atomic mass is 9.85. The highest BCUT2D eigenvalue weighted by Crippen LogP contribution is 2.31. The summed E-state index contributed by atoms with van der Waals surface area (Å²) >= 11 is 0. The topological polar surface area (TPSA) is 82.8 Å². The summed E-state index contributed by atoms with van der Waals surface area (Å²) in [5.41, 5.74) is 1.88. The minimum absolute atomic E-state index is 0.196. The van der Waals surface area contributed by atoms with Crippen LogP contribution in [0.3, 0.4) is 0 Å². The molecule has 0 aliphatic heterocycles. The highest BCUT2D eigenvalue weighted by molar-refractivity contribution is 5.78. The number of carbonyl (C=O) groups excluding carboxylic acids is 1. The number of aromatic nitrogens is 5. The van der Waals surface area contributed by atoms with Crippen molar-refractivity contribution in [2.75, 3.05) is 7.11 Å². The van der Waals surface area contributed by atoms with Crippen molar-refractivity contribution in [3.05, 3.63) is 29.7 Å². The third-order valence-corrected chi connectivity index (χ3v) is 3.35. The van der Waals surface area contributed by atoms with Crippen LogP contribution in [0.4, 0.5) is 0 Å². The summed E-state index contributed by atoms with van der Waals surface area (Å²) in [6, 6.07) is 3.73. The van der Waals surface area contributed by atoms with E-state index in [9.17, 15) is 4.79 Å². The van der Waals surface area contributed by atoms with Crippen molar-refractivity contribution < 1.29 is 9.53 Å². The van der Waals surface area contributed by atoms with Gasteiger partial charge in [-0.15, -0.1) is 5.10 Å². The number of methoxy groups -OCH3 is 1. The zero-order valence-electron chi connectivity index (χ0n) is 10.5. The molecule has 2 aromatic heterocycles. The Morgan fingerprint density at radius 1 is 1.47 bits per heavy atom. The number of hydrogen-bond acceptors (Lipinski definition) is 6. The highest BCUT2D eigenvalue weighted by Gasteiger charge is 2.28. The van der Waals surface area contributed by atoms with Crippen LogP contribution in [-0.4, -0.2) is 38.3 Å². The fraction of sp³-hybridized carbons (Fsp3) is 0.417. The second kappa shape index (κ2) is 4.75. The van der Waals surface area contributed by atoms with Crippen molar-refractivity contribution in [2.45, 2.75) is 25.2 Å². The van der Waals surface area contributed by atoms with E-state index in [4.69, 9.17) is 4.74 Å². The zero-order chi connectivity index (χ0) is 13.2. The monoisotopic (exact) mass is 259 g/mol. The Hall–Kier alpha value is -2.31. The first-order valence-electron chi connectivity index (χ1n) is 6.10. The quantitative estimate of drug-likeness (QED) is 0.736. The Kier molecular flexibility index (Phi) is 2.94. The van der Waals surface area contributed by atoms with E-state index in [0.717, 1.165) is 30.5 Å². The molecule has 0 saturated heterocycles. The van der Waals surface area contributed by atoms with Gasteiger partial charge in [-0.25, -0.2) is 4.98 Å². The second-order valence-electron chi connectivity index (χ2n) is 4.43. The van der Waals surface area contributed by atoms with Crippen LogP contribution in [0.25, 0.3) is 5.82 Å². The Morgan fingerprint density at radius 3 is 3.11 bits per heavy atom. The first kappa shape index (κ1) is 11.8. The predicted octanol–water partition coefficient (Wildman–Crippen LogP) is 0.650. The molecule has 2 heterocycles. The lowest BCUT2D eigenvalue weighted by Gasteiger charge is -2.22. The van der Waals surface area contributed by atoms with Gasteiger partial charge in [0, 0.05) is 5.69 Å². The molecule has 1 atom stereocenters. The minimum atomic E-state index is -0.204. The molecule has 1 aliphatic rings. The summed E-state index contributed by atoms with van der Waals surface area (Å²) < 4.78 is 6.35. The molecule has 19 heavy (non-hydrogen) atoms. The first-order valence-corrected chi connectivity index (χ1v) is 6.10. The fourth-order valence-corrected chi connectivity index (χ4v) is 2.43. The van der Waals surface area contributed by atoms with E-state index in [1.54, 1.807) is 0 Å². The van der Waals surface area contributed by atoms with Gasteiger partial charge in [0.1, 0.15) is 6.33 Å². The lowest BCUT2D eigenvalue weighted by molar-refractivity contribution is -0.142. The van der Waals surface area contributed by atoms with Gasteiger partial charge in [0.2, 0.25) is 0 Å². The summed E-state index contributed by atoms with van der Waals surface area (Å²) in [4.78, 5) is 16.3. The number of nitrogens with zero attached hydrogens (tertiary/aromatic N) is 5. The van der Waals surface area contributed by atoms with E-state index in [0.29, 0.717) is 5.82 Å². The standard InChI is InChI=1S/C12H13N5O2/c1-19-12(18)9-3-2-4-10-8(9)5-6-11(14-10)17-7-13-15-16-17/h5-7,9H,2-4H2,1H3/t9-/m1/s1. The maximum Gasteiger partial charge on any atom is 0.313 e. The Balaban J connectivity index is 1.99. The van der Waals surface area contributed by atoms with E-state index in [1.165, 1.54) is 18.1 Å². The number of pyridine rings is 1. The van der Waals surface area contributed by atoms with Crippen molar-refractivity contribution in [3.8, 4) is 5.82 Å². The number of ether oxygens (including phenoxy) is 1. The second-order valence-corrected chi connectivity index (χ2v) is 4.43. The van der Waals surface area contributed by atoms with E-state index in [2.05, 4.69) is 20.5 Å². The van der Waals surface area contributed by atoms with Crippen molar-refractivity contribution in [1.29, 1.82) is 0 Å². The summed E-state index contributed by atoms with van der Waals surface area (Å²) in [5.74, 6) is 0.261. The highest BCUT2D eigenvalue weighted by atomic mass is 16.5. The van der Waals surface area contributed by atoms with Crippen LogP contribution in [0.1, 0.15) is 30.0 Å². The number of tetrazole rings is 1. The van der Waals surface area contributed by atoms with Gasteiger partial charge in [-0.3, -0.25) is 4.79 Å². The molecule has 0 saturated carbocycles. The molecule has 7 nitrogen and oxygen atoms in total. The molecular weight excluding hydrogens is 246 g/mol. The molecule has 0 spiro atoms.